The Labute approximate surface area is 122 Å². The Morgan fingerprint density at radius 1 is 1.38 bits per heavy atom. The van der Waals surface area contributed by atoms with Crippen molar-refractivity contribution in [3.8, 4) is 0 Å². The van der Waals surface area contributed by atoms with Gasteiger partial charge in [-0.15, -0.1) is 0 Å². The molecular weight excluding hydrogens is 272 g/mol. The number of benzene rings is 1. The largest absolute Gasteiger partial charge is 0.461 e. The zero-order valence-corrected chi connectivity index (χ0v) is 11.9. The molecule has 0 aliphatic carbocycles. The third kappa shape index (κ3) is 3.28. The van der Waals surface area contributed by atoms with Crippen LogP contribution in [0.15, 0.2) is 36.5 Å². The number of nitro benzene ring substituents is 1. The summed E-state index contributed by atoms with van der Waals surface area (Å²) >= 11 is 0. The molecule has 0 fully saturated rings. The SMILES string of the molecule is CCOC(=O)c1c(C)ccn1Cc1cccc([N+](=O)[O-])c1. The Bertz CT molecular complexity index is 676. The van der Waals surface area contributed by atoms with Crippen LogP contribution in [0.1, 0.15) is 28.5 Å². The van der Waals surface area contributed by atoms with Crippen LogP contribution in [-0.2, 0) is 11.3 Å². The molecule has 6 heteroatoms. The fourth-order valence-corrected chi connectivity index (χ4v) is 2.16. The Morgan fingerprint density at radius 3 is 2.81 bits per heavy atom. The van der Waals surface area contributed by atoms with Crippen molar-refractivity contribution >= 4 is 11.7 Å². The molecule has 0 amide bonds. The van der Waals surface area contributed by atoms with Gasteiger partial charge in [-0.05, 0) is 31.0 Å². The topological polar surface area (TPSA) is 74.4 Å². The predicted molar refractivity (Wildman–Crippen MR) is 77.3 cm³/mol. The summed E-state index contributed by atoms with van der Waals surface area (Å²) in [5, 5.41) is 10.8. The van der Waals surface area contributed by atoms with Gasteiger partial charge in [0.2, 0.25) is 0 Å². The monoisotopic (exact) mass is 288 g/mol. The molecule has 0 spiro atoms. The Morgan fingerprint density at radius 2 is 2.14 bits per heavy atom. The zero-order chi connectivity index (χ0) is 15.4. The number of nitro groups is 1. The Kier molecular flexibility index (Phi) is 4.37. The van der Waals surface area contributed by atoms with Gasteiger partial charge in [-0.1, -0.05) is 12.1 Å². The second-order valence-electron chi connectivity index (χ2n) is 4.62. The molecule has 1 aromatic carbocycles. The van der Waals surface area contributed by atoms with Gasteiger partial charge in [-0.2, -0.15) is 0 Å². The van der Waals surface area contributed by atoms with E-state index in [0.717, 1.165) is 11.1 Å². The lowest BCUT2D eigenvalue weighted by atomic mass is 10.2. The molecule has 0 saturated heterocycles. The highest BCUT2D eigenvalue weighted by molar-refractivity contribution is 5.89. The van der Waals surface area contributed by atoms with E-state index in [9.17, 15) is 14.9 Å². The maximum absolute atomic E-state index is 12.0. The minimum atomic E-state index is -0.434. The third-order valence-electron chi connectivity index (χ3n) is 3.11. The van der Waals surface area contributed by atoms with E-state index in [0.29, 0.717) is 18.8 Å². The van der Waals surface area contributed by atoms with E-state index >= 15 is 0 Å². The van der Waals surface area contributed by atoms with Crippen LogP contribution in [0.25, 0.3) is 0 Å². The summed E-state index contributed by atoms with van der Waals surface area (Å²) < 4.78 is 6.78. The number of nitrogens with zero attached hydrogens (tertiary/aromatic N) is 2. The molecule has 0 saturated carbocycles. The van der Waals surface area contributed by atoms with Gasteiger partial charge < -0.3 is 9.30 Å². The number of non-ortho nitro benzene ring substituents is 1. The molecule has 1 aromatic heterocycles. The van der Waals surface area contributed by atoms with Crippen LogP contribution in [0.3, 0.4) is 0 Å². The molecule has 0 radical (unpaired) electrons. The lowest BCUT2D eigenvalue weighted by Crippen LogP contribution is -2.13. The lowest BCUT2D eigenvalue weighted by molar-refractivity contribution is -0.384. The summed E-state index contributed by atoms with van der Waals surface area (Å²) in [7, 11) is 0. The molecule has 1 heterocycles. The van der Waals surface area contributed by atoms with E-state index in [-0.39, 0.29) is 11.7 Å². The van der Waals surface area contributed by atoms with Crippen LogP contribution in [0.4, 0.5) is 5.69 Å². The smallest absolute Gasteiger partial charge is 0.355 e. The van der Waals surface area contributed by atoms with Crippen molar-refractivity contribution in [1.29, 1.82) is 0 Å². The van der Waals surface area contributed by atoms with E-state index in [1.165, 1.54) is 12.1 Å². The summed E-state index contributed by atoms with van der Waals surface area (Å²) in [5.74, 6) is -0.384. The second kappa shape index (κ2) is 6.21. The fourth-order valence-electron chi connectivity index (χ4n) is 2.16. The Hall–Kier alpha value is -2.63. The first-order valence-electron chi connectivity index (χ1n) is 6.59. The standard InChI is InChI=1S/C15H16N2O4/c1-3-21-15(18)14-11(2)7-8-16(14)10-12-5-4-6-13(9-12)17(19)20/h4-9H,3,10H2,1-2H3. The molecule has 0 unspecified atom stereocenters. The summed E-state index contributed by atoms with van der Waals surface area (Å²) in [4.78, 5) is 22.3. The van der Waals surface area contributed by atoms with Crippen molar-refractivity contribution in [1.82, 2.24) is 4.57 Å². The van der Waals surface area contributed by atoms with Crippen LogP contribution in [-0.4, -0.2) is 22.1 Å². The third-order valence-corrected chi connectivity index (χ3v) is 3.11. The first kappa shape index (κ1) is 14.8. The number of hydrogen-bond donors (Lipinski definition) is 0. The summed E-state index contributed by atoms with van der Waals surface area (Å²) in [5.41, 5.74) is 2.08. The fraction of sp³-hybridized carbons (Fsp3) is 0.267. The van der Waals surface area contributed by atoms with Crippen LogP contribution >= 0.6 is 0 Å². The minimum Gasteiger partial charge on any atom is -0.461 e. The number of esters is 1. The predicted octanol–water partition coefficient (Wildman–Crippen LogP) is 2.93. The molecule has 6 nitrogen and oxygen atoms in total. The average Bonchev–Trinajstić information content (AvgIpc) is 2.80. The number of aromatic nitrogens is 1. The molecule has 0 bridgehead atoms. The van der Waals surface area contributed by atoms with Gasteiger partial charge in [0.05, 0.1) is 11.5 Å². The lowest BCUT2D eigenvalue weighted by Gasteiger charge is -2.09. The number of aryl methyl sites for hydroxylation is 1. The van der Waals surface area contributed by atoms with Crippen LogP contribution in [0, 0.1) is 17.0 Å². The summed E-state index contributed by atoms with van der Waals surface area (Å²) in [6.07, 6.45) is 1.78. The maximum atomic E-state index is 12.0. The molecule has 0 aliphatic heterocycles. The van der Waals surface area contributed by atoms with Gasteiger partial charge in [0.15, 0.2) is 0 Å². The van der Waals surface area contributed by atoms with E-state index in [1.54, 1.807) is 29.8 Å². The van der Waals surface area contributed by atoms with E-state index < -0.39 is 4.92 Å². The molecule has 2 rings (SSSR count). The van der Waals surface area contributed by atoms with Crippen molar-refractivity contribution < 1.29 is 14.5 Å². The highest BCUT2D eigenvalue weighted by atomic mass is 16.6. The summed E-state index contributed by atoms with van der Waals surface area (Å²) in [6.45, 7) is 4.27. The first-order chi connectivity index (χ1) is 10.0. The van der Waals surface area contributed by atoms with Gasteiger partial charge >= 0.3 is 5.97 Å². The average molecular weight is 288 g/mol. The van der Waals surface area contributed by atoms with E-state index in [2.05, 4.69) is 0 Å². The molecule has 0 aliphatic rings. The van der Waals surface area contributed by atoms with Crippen molar-refractivity contribution in [3.05, 3.63) is 63.5 Å². The van der Waals surface area contributed by atoms with Crippen molar-refractivity contribution in [2.75, 3.05) is 6.61 Å². The second-order valence-corrected chi connectivity index (χ2v) is 4.62. The molecule has 0 N–H and O–H groups in total. The minimum absolute atomic E-state index is 0.0362. The first-order valence-corrected chi connectivity index (χ1v) is 6.59. The van der Waals surface area contributed by atoms with Gasteiger partial charge in [0.1, 0.15) is 5.69 Å². The van der Waals surface area contributed by atoms with Crippen molar-refractivity contribution in [3.63, 3.8) is 0 Å². The van der Waals surface area contributed by atoms with E-state index in [4.69, 9.17) is 4.74 Å². The maximum Gasteiger partial charge on any atom is 0.355 e. The number of rotatable bonds is 5. The number of carbonyl (C=O) groups excluding carboxylic acids is 1. The van der Waals surface area contributed by atoms with E-state index in [1.807, 2.05) is 13.0 Å². The highest BCUT2D eigenvalue weighted by Gasteiger charge is 2.16. The normalized spacial score (nSPS) is 10.4. The number of ether oxygens (including phenoxy) is 1. The van der Waals surface area contributed by atoms with Crippen LogP contribution in [0.2, 0.25) is 0 Å². The molecular formula is C15H16N2O4. The molecule has 21 heavy (non-hydrogen) atoms. The molecule has 110 valence electrons. The van der Waals surface area contributed by atoms with Crippen molar-refractivity contribution in [2.24, 2.45) is 0 Å². The Balaban J connectivity index is 2.30. The van der Waals surface area contributed by atoms with Crippen LogP contribution in [0.5, 0.6) is 0 Å². The number of carbonyl (C=O) groups is 1. The van der Waals surface area contributed by atoms with Gasteiger partial charge in [-0.3, -0.25) is 10.1 Å². The van der Waals surface area contributed by atoms with Crippen LogP contribution < -0.4 is 0 Å². The highest BCUT2D eigenvalue weighted by Crippen LogP contribution is 2.17. The molecule has 2 aromatic rings. The number of hydrogen-bond acceptors (Lipinski definition) is 4. The van der Waals surface area contributed by atoms with Gasteiger partial charge in [0.25, 0.3) is 5.69 Å². The zero-order valence-electron chi connectivity index (χ0n) is 11.9. The summed E-state index contributed by atoms with van der Waals surface area (Å²) in [6, 6.07) is 8.19. The quantitative estimate of drug-likeness (QED) is 0.481. The van der Waals surface area contributed by atoms with Crippen molar-refractivity contribution in [2.45, 2.75) is 20.4 Å². The molecule has 0 atom stereocenters. The van der Waals surface area contributed by atoms with Gasteiger partial charge in [-0.25, -0.2) is 4.79 Å². The van der Waals surface area contributed by atoms with Gasteiger partial charge in [0, 0.05) is 24.9 Å².